The van der Waals surface area contributed by atoms with Crippen LogP contribution in [0, 0.1) is 0 Å². The van der Waals surface area contributed by atoms with Crippen molar-refractivity contribution in [2.24, 2.45) is 0 Å². The minimum Gasteiger partial charge on any atom is -0.494 e. The van der Waals surface area contributed by atoms with Gasteiger partial charge in [-0.2, -0.15) is 0 Å². The monoisotopic (exact) mass is 284 g/mol. The summed E-state index contributed by atoms with van der Waals surface area (Å²) in [6.45, 7) is 3.74. The van der Waals surface area contributed by atoms with Crippen molar-refractivity contribution in [3.05, 3.63) is 18.2 Å². The Labute approximate surface area is 114 Å². The van der Waals surface area contributed by atoms with Gasteiger partial charge in [0.2, 0.25) is 0 Å². The zero-order chi connectivity index (χ0) is 13.9. The summed E-state index contributed by atoms with van der Waals surface area (Å²) in [4.78, 5) is 2.06. The first-order chi connectivity index (χ1) is 9.00. The van der Waals surface area contributed by atoms with Crippen LogP contribution in [0.15, 0.2) is 18.2 Å². The molecule has 0 spiro atoms. The fourth-order valence-electron chi connectivity index (χ4n) is 2.24. The summed E-state index contributed by atoms with van der Waals surface area (Å²) in [5.74, 6) is 1.19. The van der Waals surface area contributed by atoms with Crippen LogP contribution in [0.2, 0.25) is 0 Å². The van der Waals surface area contributed by atoms with Crippen LogP contribution >= 0.6 is 0 Å². The molecule has 1 aromatic rings. The highest BCUT2D eigenvalue weighted by Crippen LogP contribution is 2.26. The molecule has 1 aliphatic rings. The van der Waals surface area contributed by atoms with Crippen LogP contribution in [0.4, 0.5) is 11.4 Å². The molecule has 106 valence electrons. The van der Waals surface area contributed by atoms with Gasteiger partial charge in [0.25, 0.3) is 0 Å². The maximum absolute atomic E-state index is 11.6. The zero-order valence-electron chi connectivity index (χ0n) is 11.1. The molecule has 1 heterocycles. The van der Waals surface area contributed by atoms with Crippen molar-refractivity contribution >= 4 is 21.2 Å². The third kappa shape index (κ3) is 3.76. The lowest BCUT2D eigenvalue weighted by Crippen LogP contribution is -2.26. The number of benzene rings is 1. The minimum absolute atomic E-state index is 0.200. The van der Waals surface area contributed by atoms with Crippen LogP contribution in [-0.4, -0.2) is 39.6 Å². The Kier molecular flexibility index (Phi) is 4.19. The zero-order valence-corrected chi connectivity index (χ0v) is 11.9. The van der Waals surface area contributed by atoms with Gasteiger partial charge in [-0.05, 0) is 19.4 Å². The molecule has 19 heavy (non-hydrogen) atoms. The van der Waals surface area contributed by atoms with Crippen molar-refractivity contribution in [2.75, 3.05) is 41.8 Å². The minimum atomic E-state index is -2.89. The largest absolute Gasteiger partial charge is 0.494 e. The highest BCUT2D eigenvalue weighted by Gasteiger charge is 2.19. The van der Waals surface area contributed by atoms with Gasteiger partial charge < -0.3 is 15.4 Å². The van der Waals surface area contributed by atoms with Gasteiger partial charge in [-0.1, -0.05) is 0 Å². The van der Waals surface area contributed by atoms with Gasteiger partial charge in [0, 0.05) is 36.6 Å². The lowest BCUT2D eigenvalue weighted by molar-refractivity contribution is 0.340. The number of ether oxygens (including phenoxy) is 1. The summed E-state index contributed by atoms with van der Waals surface area (Å²) in [6.07, 6.45) is 0.654. The Bertz CT molecular complexity index is 543. The van der Waals surface area contributed by atoms with E-state index in [1.165, 1.54) is 0 Å². The molecule has 2 N–H and O–H groups in total. The van der Waals surface area contributed by atoms with Crippen LogP contribution in [-0.2, 0) is 9.84 Å². The van der Waals surface area contributed by atoms with E-state index in [1.54, 1.807) is 6.07 Å². The Morgan fingerprint density at radius 1 is 1.26 bits per heavy atom. The van der Waals surface area contributed by atoms with E-state index in [0.717, 1.165) is 18.0 Å². The van der Waals surface area contributed by atoms with Crippen LogP contribution < -0.4 is 15.4 Å². The van der Waals surface area contributed by atoms with E-state index in [2.05, 4.69) is 4.90 Å². The van der Waals surface area contributed by atoms with E-state index in [9.17, 15) is 8.42 Å². The smallest absolute Gasteiger partial charge is 0.152 e. The molecule has 0 aromatic heterocycles. The number of hydrogen-bond acceptors (Lipinski definition) is 5. The van der Waals surface area contributed by atoms with Crippen LogP contribution in [0.5, 0.6) is 5.75 Å². The molecule has 0 bridgehead atoms. The van der Waals surface area contributed by atoms with Crippen LogP contribution in [0.3, 0.4) is 0 Å². The highest BCUT2D eigenvalue weighted by atomic mass is 32.2. The number of anilines is 2. The maximum atomic E-state index is 11.6. The molecular weight excluding hydrogens is 264 g/mol. The molecule has 1 aromatic carbocycles. The summed E-state index contributed by atoms with van der Waals surface area (Å²) in [6, 6.07) is 5.56. The summed E-state index contributed by atoms with van der Waals surface area (Å²) in [5.41, 5.74) is 7.43. The number of nitrogen functional groups attached to an aromatic ring is 1. The molecule has 2 rings (SSSR count). The second-order valence-corrected chi connectivity index (χ2v) is 6.99. The first-order valence-corrected chi connectivity index (χ1v) is 8.31. The normalized spacial score (nSPS) is 18.9. The molecule has 0 radical (unpaired) electrons. The second-order valence-electron chi connectivity index (χ2n) is 4.69. The average molecular weight is 284 g/mol. The Hall–Kier alpha value is -1.43. The average Bonchev–Trinajstić information content (AvgIpc) is 2.50. The van der Waals surface area contributed by atoms with Crippen LogP contribution in [0.25, 0.3) is 0 Å². The summed E-state index contributed by atoms with van der Waals surface area (Å²) in [7, 11) is -2.89. The Balaban J connectivity index is 2.21. The van der Waals surface area contributed by atoms with E-state index >= 15 is 0 Å². The molecule has 0 unspecified atom stereocenters. The van der Waals surface area contributed by atoms with E-state index in [4.69, 9.17) is 10.5 Å². The fraction of sp³-hybridized carbons (Fsp3) is 0.538. The predicted octanol–water partition coefficient (Wildman–Crippen LogP) is 1.29. The lowest BCUT2D eigenvalue weighted by Gasteiger charge is -2.23. The molecule has 0 atom stereocenters. The molecule has 1 aliphatic heterocycles. The van der Waals surface area contributed by atoms with Gasteiger partial charge in [-0.25, -0.2) is 8.42 Å². The van der Waals surface area contributed by atoms with Gasteiger partial charge in [-0.3, -0.25) is 0 Å². The number of nitrogens with two attached hydrogens (primary N) is 1. The quantitative estimate of drug-likeness (QED) is 0.847. The molecule has 1 saturated heterocycles. The number of hydrogen-bond donors (Lipinski definition) is 1. The van der Waals surface area contributed by atoms with E-state index in [1.807, 2.05) is 19.1 Å². The molecule has 0 amide bonds. The predicted molar refractivity (Wildman–Crippen MR) is 77.5 cm³/mol. The summed E-state index contributed by atoms with van der Waals surface area (Å²) >= 11 is 0. The van der Waals surface area contributed by atoms with Crippen molar-refractivity contribution in [1.29, 1.82) is 0 Å². The Morgan fingerprint density at radius 2 is 2.05 bits per heavy atom. The van der Waals surface area contributed by atoms with E-state index < -0.39 is 9.84 Å². The van der Waals surface area contributed by atoms with Crippen LogP contribution in [0.1, 0.15) is 13.3 Å². The lowest BCUT2D eigenvalue weighted by atomic mass is 10.2. The third-order valence-corrected chi connectivity index (χ3v) is 4.86. The third-order valence-electron chi connectivity index (χ3n) is 3.15. The molecule has 5 nitrogen and oxygen atoms in total. The fourth-order valence-corrected chi connectivity index (χ4v) is 3.51. The number of nitrogens with zero attached hydrogens (tertiary/aromatic N) is 1. The molecule has 1 fully saturated rings. The molecule has 6 heteroatoms. The first kappa shape index (κ1) is 14.0. The molecule has 0 saturated carbocycles. The molecule has 0 aliphatic carbocycles. The maximum Gasteiger partial charge on any atom is 0.152 e. The SMILES string of the molecule is CCOc1cc(N)cc(N2CCCS(=O)(=O)CC2)c1. The van der Waals surface area contributed by atoms with Gasteiger partial charge in [0.05, 0.1) is 18.1 Å². The summed E-state index contributed by atoms with van der Waals surface area (Å²) in [5, 5.41) is 0. The van der Waals surface area contributed by atoms with Crippen molar-refractivity contribution in [2.45, 2.75) is 13.3 Å². The van der Waals surface area contributed by atoms with Crippen molar-refractivity contribution in [3.8, 4) is 5.75 Å². The van der Waals surface area contributed by atoms with E-state index in [0.29, 0.717) is 25.3 Å². The van der Waals surface area contributed by atoms with E-state index in [-0.39, 0.29) is 11.5 Å². The second kappa shape index (κ2) is 5.69. The standard InChI is InChI=1S/C13H20N2O3S/c1-2-18-13-9-11(14)8-12(10-13)15-4-3-6-19(16,17)7-5-15/h8-10H,2-7,14H2,1H3. The topological polar surface area (TPSA) is 72.6 Å². The number of sulfone groups is 1. The first-order valence-electron chi connectivity index (χ1n) is 6.49. The van der Waals surface area contributed by atoms with Gasteiger partial charge in [0.15, 0.2) is 9.84 Å². The van der Waals surface area contributed by atoms with Gasteiger partial charge in [0.1, 0.15) is 5.75 Å². The van der Waals surface area contributed by atoms with Gasteiger partial charge >= 0.3 is 0 Å². The number of rotatable bonds is 3. The highest BCUT2D eigenvalue weighted by molar-refractivity contribution is 7.91. The van der Waals surface area contributed by atoms with Crippen molar-refractivity contribution in [3.63, 3.8) is 0 Å². The summed E-state index contributed by atoms with van der Waals surface area (Å²) < 4.78 is 28.7. The Morgan fingerprint density at radius 3 is 2.79 bits per heavy atom. The van der Waals surface area contributed by atoms with Crippen molar-refractivity contribution in [1.82, 2.24) is 0 Å². The molecular formula is C13H20N2O3S. The van der Waals surface area contributed by atoms with Crippen molar-refractivity contribution < 1.29 is 13.2 Å². The van der Waals surface area contributed by atoms with Gasteiger partial charge in [-0.15, -0.1) is 0 Å².